The van der Waals surface area contributed by atoms with Gasteiger partial charge in [0.15, 0.2) is 0 Å². The van der Waals surface area contributed by atoms with Gasteiger partial charge in [-0.25, -0.2) is 19.9 Å². The molecule has 2 aromatic rings. The Kier molecular flexibility index (Phi) is 3.94. The van der Waals surface area contributed by atoms with Gasteiger partial charge >= 0.3 is 0 Å². The first-order chi connectivity index (χ1) is 10.2. The molecule has 0 aliphatic carbocycles. The molecule has 6 nitrogen and oxygen atoms in total. The molecule has 0 radical (unpaired) electrons. The van der Waals surface area contributed by atoms with Gasteiger partial charge in [-0.3, -0.25) is 0 Å². The van der Waals surface area contributed by atoms with Crippen LogP contribution < -0.4 is 10.2 Å². The fourth-order valence-electron chi connectivity index (χ4n) is 2.73. The molecular weight excluding hydrogens is 264 g/mol. The van der Waals surface area contributed by atoms with Crippen LogP contribution >= 0.6 is 0 Å². The third kappa shape index (κ3) is 3.45. The summed E-state index contributed by atoms with van der Waals surface area (Å²) in [6, 6.07) is 4.19. The summed E-state index contributed by atoms with van der Waals surface area (Å²) in [4.78, 5) is 19.7. The number of piperidine rings is 1. The maximum atomic E-state index is 4.45. The predicted molar refractivity (Wildman–Crippen MR) is 82.4 cm³/mol. The molecule has 3 rings (SSSR count). The predicted octanol–water partition coefficient (Wildman–Crippen LogP) is 1.96. The van der Waals surface area contributed by atoms with Crippen molar-refractivity contribution in [3.05, 3.63) is 36.0 Å². The van der Waals surface area contributed by atoms with Crippen molar-refractivity contribution in [3.8, 4) is 0 Å². The second-order valence-corrected chi connectivity index (χ2v) is 5.42. The first-order valence-electron chi connectivity index (χ1n) is 7.31. The number of nitrogens with zero attached hydrogens (tertiary/aromatic N) is 5. The van der Waals surface area contributed by atoms with E-state index < -0.39 is 0 Å². The molecule has 2 aromatic heterocycles. The standard InChI is InChI=1S/C15H20N6/c1-11-9-14(19-12(2)18-11)20-13-5-3-8-21(10-13)15-16-6-4-7-17-15/h4,6-7,9,13H,3,5,8,10H2,1-2H3,(H,18,19,20)/t13-/m0/s1. The monoisotopic (exact) mass is 284 g/mol. The first-order valence-corrected chi connectivity index (χ1v) is 7.31. The van der Waals surface area contributed by atoms with E-state index in [0.717, 1.165) is 49.2 Å². The van der Waals surface area contributed by atoms with E-state index in [4.69, 9.17) is 0 Å². The van der Waals surface area contributed by atoms with Crippen molar-refractivity contribution in [1.82, 2.24) is 19.9 Å². The van der Waals surface area contributed by atoms with Gasteiger partial charge in [-0.05, 0) is 32.8 Å². The van der Waals surface area contributed by atoms with E-state index in [-0.39, 0.29) is 0 Å². The summed E-state index contributed by atoms with van der Waals surface area (Å²) in [5.41, 5.74) is 0.990. The van der Waals surface area contributed by atoms with Crippen LogP contribution in [-0.2, 0) is 0 Å². The largest absolute Gasteiger partial charge is 0.365 e. The van der Waals surface area contributed by atoms with Crippen LogP contribution in [0.15, 0.2) is 24.5 Å². The van der Waals surface area contributed by atoms with Gasteiger partial charge in [-0.2, -0.15) is 0 Å². The van der Waals surface area contributed by atoms with Gasteiger partial charge in [0.25, 0.3) is 0 Å². The number of aryl methyl sites for hydroxylation is 2. The lowest BCUT2D eigenvalue weighted by atomic mass is 10.1. The van der Waals surface area contributed by atoms with Gasteiger partial charge in [0.2, 0.25) is 5.95 Å². The van der Waals surface area contributed by atoms with Gasteiger partial charge in [0, 0.05) is 43.3 Å². The maximum absolute atomic E-state index is 4.45. The second-order valence-electron chi connectivity index (χ2n) is 5.42. The Morgan fingerprint density at radius 2 is 2.00 bits per heavy atom. The molecule has 0 unspecified atom stereocenters. The molecule has 1 atom stereocenters. The van der Waals surface area contributed by atoms with Crippen LogP contribution in [0.2, 0.25) is 0 Å². The number of nitrogens with one attached hydrogen (secondary N) is 1. The average molecular weight is 284 g/mol. The van der Waals surface area contributed by atoms with Crippen molar-refractivity contribution in [2.24, 2.45) is 0 Å². The Labute approximate surface area is 124 Å². The zero-order chi connectivity index (χ0) is 14.7. The fourth-order valence-corrected chi connectivity index (χ4v) is 2.73. The van der Waals surface area contributed by atoms with E-state index in [0.29, 0.717) is 6.04 Å². The molecule has 1 saturated heterocycles. The average Bonchev–Trinajstić information content (AvgIpc) is 2.47. The van der Waals surface area contributed by atoms with Crippen molar-refractivity contribution in [1.29, 1.82) is 0 Å². The summed E-state index contributed by atoms with van der Waals surface area (Å²) in [5.74, 6) is 2.51. The highest BCUT2D eigenvalue weighted by atomic mass is 15.3. The SMILES string of the molecule is Cc1cc(N[C@H]2CCCN(c3ncccn3)C2)nc(C)n1. The molecule has 1 aliphatic rings. The van der Waals surface area contributed by atoms with Gasteiger partial charge in [-0.15, -0.1) is 0 Å². The maximum Gasteiger partial charge on any atom is 0.225 e. The summed E-state index contributed by atoms with van der Waals surface area (Å²) in [7, 11) is 0. The molecule has 0 aromatic carbocycles. The fraction of sp³-hybridized carbons (Fsp3) is 0.467. The zero-order valence-electron chi connectivity index (χ0n) is 12.5. The number of hydrogen-bond donors (Lipinski definition) is 1. The Balaban J connectivity index is 1.69. The lowest BCUT2D eigenvalue weighted by Gasteiger charge is -2.33. The van der Waals surface area contributed by atoms with E-state index in [1.165, 1.54) is 0 Å². The third-order valence-electron chi connectivity index (χ3n) is 3.57. The molecule has 0 spiro atoms. The molecule has 21 heavy (non-hydrogen) atoms. The van der Waals surface area contributed by atoms with E-state index in [9.17, 15) is 0 Å². The molecule has 1 aliphatic heterocycles. The molecule has 1 fully saturated rings. The Morgan fingerprint density at radius 3 is 2.76 bits per heavy atom. The van der Waals surface area contributed by atoms with Gasteiger partial charge in [-0.1, -0.05) is 0 Å². The van der Waals surface area contributed by atoms with Crippen LogP contribution in [0.5, 0.6) is 0 Å². The minimum absolute atomic E-state index is 0.358. The summed E-state index contributed by atoms with van der Waals surface area (Å²) < 4.78 is 0. The molecule has 0 saturated carbocycles. The molecule has 0 bridgehead atoms. The van der Waals surface area contributed by atoms with Crippen molar-refractivity contribution in [3.63, 3.8) is 0 Å². The summed E-state index contributed by atoms with van der Waals surface area (Å²) in [5, 5.41) is 3.51. The van der Waals surface area contributed by atoms with E-state index in [2.05, 4.69) is 30.2 Å². The van der Waals surface area contributed by atoms with Crippen LogP contribution in [-0.4, -0.2) is 39.1 Å². The lowest BCUT2D eigenvalue weighted by molar-refractivity contribution is 0.521. The van der Waals surface area contributed by atoms with E-state index in [1.54, 1.807) is 12.4 Å². The van der Waals surface area contributed by atoms with Crippen LogP contribution in [0.3, 0.4) is 0 Å². The quantitative estimate of drug-likeness (QED) is 0.929. The normalized spacial score (nSPS) is 18.6. The summed E-state index contributed by atoms with van der Waals surface area (Å²) >= 11 is 0. The van der Waals surface area contributed by atoms with E-state index >= 15 is 0 Å². The molecule has 3 heterocycles. The highest BCUT2D eigenvalue weighted by Crippen LogP contribution is 2.18. The van der Waals surface area contributed by atoms with Crippen LogP contribution in [0.25, 0.3) is 0 Å². The third-order valence-corrected chi connectivity index (χ3v) is 3.57. The molecular formula is C15H20N6. The minimum atomic E-state index is 0.358. The van der Waals surface area contributed by atoms with Gasteiger partial charge in [0.05, 0.1) is 0 Å². The van der Waals surface area contributed by atoms with Crippen molar-refractivity contribution >= 4 is 11.8 Å². The first kappa shape index (κ1) is 13.7. The number of aromatic nitrogens is 4. The Bertz CT molecular complexity index is 580. The minimum Gasteiger partial charge on any atom is -0.365 e. The van der Waals surface area contributed by atoms with Crippen LogP contribution in [0.1, 0.15) is 24.4 Å². The number of anilines is 2. The molecule has 110 valence electrons. The highest BCUT2D eigenvalue weighted by Gasteiger charge is 2.21. The van der Waals surface area contributed by atoms with Crippen molar-refractivity contribution in [2.45, 2.75) is 32.7 Å². The lowest BCUT2D eigenvalue weighted by Crippen LogP contribution is -2.43. The smallest absolute Gasteiger partial charge is 0.225 e. The van der Waals surface area contributed by atoms with E-state index in [1.807, 2.05) is 26.0 Å². The zero-order valence-corrected chi connectivity index (χ0v) is 12.5. The van der Waals surface area contributed by atoms with Crippen LogP contribution in [0.4, 0.5) is 11.8 Å². The van der Waals surface area contributed by atoms with Crippen molar-refractivity contribution < 1.29 is 0 Å². The highest BCUT2D eigenvalue weighted by molar-refractivity contribution is 5.39. The Morgan fingerprint density at radius 1 is 1.19 bits per heavy atom. The van der Waals surface area contributed by atoms with Gasteiger partial charge < -0.3 is 10.2 Å². The number of rotatable bonds is 3. The number of hydrogen-bond acceptors (Lipinski definition) is 6. The Hall–Kier alpha value is -2.24. The summed E-state index contributed by atoms with van der Waals surface area (Å²) in [6.45, 7) is 5.81. The molecule has 0 amide bonds. The summed E-state index contributed by atoms with van der Waals surface area (Å²) in [6.07, 6.45) is 5.83. The molecule has 1 N–H and O–H groups in total. The van der Waals surface area contributed by atoms with Gasteiger partial charge in [0.1, 0.15) is 11.6 Å². The topological polar surface area (TPSA) is 66.8 Å². The van der Waals surface area contributed by atoms with Crippen LogP contribution in [0, 0.1) is 13.8 Å². The molecule has 6 heteroatoms. The van der Waals surface area contributed by atoms with Crippen molar-refractivity contribution in [2.75, 3.05) is 23.3 Å². The second kappa shape index (κ2) is 6.03.